The molecule has 0 bridgehead atoms. The van der Waals surface area contributed by atoms with Crippen molar-refractivity contribution in [3.8, 4) is 0 Å². The Morgan fingerprint density at radius 1 is 1.21 bits per heavy atom. The van der Waals surface area contributed by atoms with Crippen molar-refractivity contribution in [2.45, 2.75) is 26.8 Å². The third-order valence-electron chi connectivity index (χ3n) is 6.02. The summed E-state index contributed by atoms with van der Waals surface area (Å²) in [6.07, 6.45) is 2.75. The number of nitrogens with zero attached hydrogens (tertiary/aromatic N) is 4. The summed E-state index contributed by atoms with van der Waals surface area (Å²) in [7, 11) is 0. The van der Waals surface area contributed by atoms with Gasteiger partial charge in [0.25, 0.3) is 5.91 Å². The van der Waals surface area contributed by atoms with Crippen molar-refractivity contribution >= 4 is 33.3 Å². The lowest BCUT2D eigenvalue weighted by atomic mass is 10.2. The van der Waals surface area contributed by atoms with Crippen LogP contribution in [0.1, 0.15) is 35.5 Å². The van der Waals surface area contributed by atoms with Crippen LogP contribution in [-0.4, -0.2) is 66.1 Å². The zero-order valence-corrected chi connectivity index (χ0v) is 21.0. The topological polar surface area (TPSA) is 62.1 Å². The van der Waals surface area contributed by atoms with Crippen molar-refractivity contribution in [2.24, 2.45) is 0 Å². The van der Waals surface area contributed by atoms with Crippen LogP contribution in [0.15, 0.2) is 47.1 Å². The zero-order valence-electron chi connectivity index (χ0n) is 19.4. The second-order valence-corrected chi connectivity index (χ2v) is 9.15. The van der Waals surface area contributed by atoms with E-state index in [9.17, 15) is 4.79 Å². The molecule has 3 aromatic rings. The Morgan fingerprint density at radius 3 is 2.76 bits per heavy atom. The fourth-order valence-electron chi connectivity index (χ4n) is 4.23. The molecule has 0 atom stereocenters. The first-order valence-corrected chi connectivity index (χ1v) is 12.5. The van der Waals surface area contributed by atoms with Gasteiger partial charge in [-0.3, -0.25) is 14.1 Å². The van der Waals surface area contributed by atoms with Crippen LogP contribution in [0.25, 0.3) is 5.65 Å². The minimum Gasteiger partial charge on any atom is -0.379 e. The van der Waals surface area contributed by atoms with Crippen molar-refractivity contribution in [3.63, 3.8) is 0 Å². The van der Waals surface area contributed by atoms with Crippen LogP contribution in [0.3, 0.4) is 0 Å². The van der Waals surface area contributed by atoms with Gasteiger partial charge in [-0.1, -0.05) is 35.0 Å². The molecule has 2 aromatic heterocycles. The molecule has 1 amide bonds. The van der Waals surface area contributed by atoms with E-state index in [0.717, 1.165) is 74.0 Å². The number of amides is 1. The number of halogens is 1. The minimum absolute atomic E-state index is 0.0575. The molecule has 0 unspecified atom stereocenters. The molecule has 33 heavy (non-hydrogen) atoms. The molecule has 0 saturated carbocycles. The molecule has 0 radical (unpaired) electrons. The number of ether oxygens (including phenoxy) is 1. The van der Waals surface area contributed by atoms with Crippen LogP contribution >= 0.6 is 15.9 Å². The SMILES string of the molecule is CCc1nc2ccc(C(=O)NCCN3CCOCC3)cn2c1N(CC)Cc1cccc(Br)c1. The number of hydrogen-bond acceptors (Lipinski definition) is 5. The van der Waals surface area contributed by atoms with Crippen LogP contribution < -0.4 is 10.2 Å². The molecule has 176 valence electrons. The van der Waals surface area contributed by atoms with E-state index in [-0.39, 0.29) is 5.91 Å². The molecule has 0 aliphatic carbocycles. The van der Waals surface area contributed by atoms with E-state index in [1.54, 1.807) is 0 Å². The first-order valence-electron chi connectivity index (χ1n) is 11.7. The Bertz CT molecular complexity index is 1090. The molecule has 1 aromatic carbocycles. The number of anilines is 1. The van der Waals surface area contributed by atoms with E-state index in [2.05, 4.69) is 67.5 Å². The van der Waals surface area contributed by atoms with E-state index >= 15 is 0 Å². The quantitative estimate of drug-likeness (QED) is 0.472. The molecule has 1 saturated heterocycles. The summed E-state index contributed by atoms with van der Waals surface area (Å²) in [5.41, 5.74) is 3.76. The monoisotopic (exact) mass is 513 g/mol. The summed E-state index contributed by atoms with van der Waals surface area (Å²) < 4.78 is 8.52. The first kappa shape index (κ1) is 23.7. The van der Waals surface area contributed by atoms with E-state index in [1.807, 2.05) is 24.4 Å². The van der Waals surface area contributed by atoms with Gasteiger partial charge in [-0.25, -0.2) is 4.98 Å². The summed E-state index contributed by atoms with van der Waals surface area (Å²) in [4.78, 5) is 22.4. The molecule has 7 nitrogen and oxygen atoms in total. The Balaban J connectivity index is 1.54. The number of morpholine rings is 1. The fourth-order valence-corrected chi connectivity index (χ4v) is 4.68. The van der Waals surface area contributed by atoms with Gasteiger partial charge in [0.05, 0.1) is 24.5 Å². The van der Waals surface area contributed by atoms with Crippen molar-refractivity contribution < 1.29 is 9.53 Å². The summed E-state index contributed by atoms with van der Waals surface area (Å²) >= 11 is 3.57. The lowest BCUT2D eigenvalue weighted by molar-refractivity contribution is 0.0383. The predicted octanol–water partition coefficient (Wildman–Crippen LogP) is 3.75. The lowest BCUT2D eigenvalue weighted by Gasteiger charge is -2.26. The predicted molar refractivity (Wildman–Crippen MR) is 135 cm³/mol. The maximum absolute atomic E-state index is 12.9. The van der Waals surface area contributed by atoms with Crippen LogP contribution in [0.4, 0.5) is 5.82 Å². The van der Waals surface area contributed by atoms with Crippen LogP contribution in [-0.2, 0) is 17.7 Å². The molecule has 1 fully saturated rings. The van der Waals surface area contributed by atoms with Crippen molar-refractivity contribution in [1.29, 1.82) is 0 Å². The number of fused-ring (bicyclic) bond motifs is 1. The Labute approximate surface area is 203 Å². The maximum Gasteiger partial charge on any atom is 0.252 e. The fraction of sp³-hybridized carbons (Fsp3) is 0.440. The number of carbonyl (C=O) groups excluding carboxylic acids is 1. The van der Waals surface area contributed by atoms with Crippen LogP contribution in [0, 0.1) is 0 Å². The number of pyridine rings is 1. The number of nitrogens with one attached hydrogen (secondary N) is 1. The van der Waals surface area contributed by atoms with Gasteiger partial charge in [0.2, 0.25) is 0 Å². The number of benzene rings is 1. The Morgan fingerprint density at radius 2 is 2.03 bits per heavy atom. The molecule has 0 spiro atoms. The molecule has 1 aliphatic rings. The molecule has 3 heterocycles. The van der Waals surface area contributed by atoms with Gasteiger partial charge < -0.3 is 15.0 Å². The zero-order chi connectivity index (χ0) is 23.2. The number of hydrogen-bond donors (Lipinski definition) is 1. The standard InChI is InChI=1S/C25H32BrN5O2/c1-3-22-25(30(4-2)17-19-6-5-7-21(26)16-19)31-18-20(8-9-23(31)28-22)24(32)27-10-11-29-12-14-33-15-13-29/h5-9,16,18H,3-4,10-15,17H2,1-2H3,(H,27,32). The third kappa shape index (κ3) is 5.75. The minimum atomic E-state index is -0.0575. The summed E-state index contributed by atoms with van der Waals surface area (Å²) in [5.74, 6) is 0.996. The van der Waals surface area contributed by atoms with Gasteiger partial charge in [-0.2, -0.15) is 0 Å². The number of aromatic nitrogens is 2. The number of carbonyl (C=O) groups is 1. The highest BCUT2D eigenvalue weighted by Gasteiger charge is 2.19. The van der Waals surface area contributed by atoms with E-state index in [4.69, 9.17) is 9.72 Å². The smallest absolute Gasteiger partial charge is 0.252 e. The molecule has 1 N–H and O–H groups in total. The van der Waals surface area contributed by atoms with Gasteiger partial charge in [-0.15, -0.1) is 0 Å². The average Bonchev–Trinajstić information content (AvgIpc) is 3.21. The van der Waals surface area contributed by atoms with E-state index in [1.165, 1.54) is 5.56 Å². The molecule has 8 heteroatoms. The lowest BCUT2D eigenvalue weighted by Crippen LogP contribution is -2.41. The van der Waals surface area contributed by atoms with Crippen molar-refractivity contribution in [3.05, 3.63) is 63.9 Å². The average molecular weight is 514 g/mol. The highest BCUT2D eigenvalue weighted by Crippen LogP contribution is 2.26. The normalized spacial score (nSPS) is 14.5. The third-order valence-corrected chi connectivity index (χ3v) is 6.51. The van der Waals surface area contributed by atoms with Gasteiger partial charge in [0.1, 0.15) is 11.5 Å². The van der Waals surface area contributed by atoms with Crippen molar-refractivity contribution in [1.82, 2.24) is 19.6 Å². The van der Waals surface area contributed by atoms with Crippen LogP contribution in [0.2, 0.25) is 0 Å². The second kappa shape index (κ2) is 11.1. The van der Waals surface area contributed by atoms with E-state index in [0.29, 0.717) is 12.1 Å². The van der Waals surface area contributed by atoms with Crippen molar-refractivity contribution in [2.75, 3.05) is 50.8 Å². The van der Waals surface area contributed by atoms with Crippen LogP contribution in [0.5, 0.6) is 0 Å². The molecular weight excluding hydrogens is 482 g/mol. The number of aryl methyl sites for hydroxylation is 1. The Hall–Kier alpha value is -2.42. The summed E-state index contributed by atoms with van der Waals surface area (Å²) in [6, 6.07) is 12.2. The summed E-state index contributed by atoms with van der Waals surface area (Å²) in [6.45, 7) is 10.7. The van der Waals surface area contributed by atoms with Gasteiger partial charge in [0, 0.05) is 49.9 Å². The van der Waals surface area contributed by atoms with E-state index < -0.39 is 0 Å². The molecular formula is C25H32BrN5O2. The second-order valence-electron chi connectivity index (χ2n) is 8.24. The van der Waals surface area contributed by atoms with Gasteiger partial charge >= 0.3 is 0 Å². The number of rotatable bonds is 9. The molecule has 4 rings (SSSR count). The molecule has 1 aliphatic heterocycles. The Kier molecular flexibility index (Phi) is 8.01. The maximum atomic E-state index is 12.9. The van der Waals surface area contributed by atoms with Gasteiger partial charge in [-0.05, 0) is 43.2 Å². The largest absolute Gasteiger partial charge is 0.379 e. The highest BCUT2D eigenvalue weighted by atomic mass is 79.9. The first-order chi connectivity index (χ1) is 16.1. The van der Waals surface area contributed by atoms with Gasteiger partial charge in [0.15, 0.2) is 0 Å². The summed E-state index contributed by atoms with van der Waals surface area (Å²) in [5, 5.41) is 3.07. The highest BCUT2D eigenvalue weighted by molar-refractivity contribution is 9.10. The number of imidazole rings is 1.